The van der Waals surface area contributed by atoms with Crippen LogP contribution in [-0.4, -0.2) is 33.1 Å². The molecule has 25 heavy (non-hydrogen) atoms. The lowest BCUT2D eigenvalue weighted by atomic mass is 10.2. The summed E-state index contributed by atoms with van der Waals surface area (Å²) in [6, 6.07) is 6.71. The standard InChI is InChI=1S/C13H13N3O7S2/c1-23-12-6-8(2-4-10(12)14)15-16-11-7-9(24(17,18)19)3-5-13(11)25(20,21)22/h2-7H,14H2,1H3,(H,17,18,19)(H,20,21,22). The fourth-order valence-electron chi connectivity index (χ4n) is 1.83. The van der Waals surface area contributed by atoms with Gasteiger partial charge >= 0.3 is 0 Å². The number of azo groups is 1. The normalized spacial score (nSPS) is 12.4. The molecule has 134 valence electrons. The molecule has 2 rings (SSSR count). The van der Waals surface area contributed by atoms with Gasteiger partial charge in [0.05, 0.1) is 23.4 Å². The summed E-state index contributed by atoms with van der Waals surface area (Å²) in [5.41, 5.74) is 5.74. The first-order chi connectivity index (χ1) is 11.5. The van der Waals surface area contributed by atoms with E-state index in [-0.39, 0.29) is 5.69 Å². The third-order valence-electron chi connectivity index (χ3n) is 3.00. The fourth-order valence-corrected chi connectivity index (χ4v) is 2.93. The van der Waals surface area contributed by atoms with Gasteiger partial charge in [-0.05, 0) is 30.3 Å². The molecule has 2 aromatic rings. The first-order valence-corrected chi connectivity index (χ1v) is 9.34. The first kappa shape index (κ1) is 18.8. The molecule has 10 nitrogen and oxygen atoms in total. The average Bonchev–Trinajstić information content (AvgIpc) is 2.52. The van der Waals surface area contributed by atoms with Gasteiger partial charge in [0, 0.05) is 6.07 Å². The number of anilines is 1. The molecule has 0 aromatic heterocycles. The van der Waals surface area contributed by atoms with Crippen molar-refractivity contribution in [1.82, 2.24) is 0 Å². The second kappa shape index (κ2) is 6.76. The molecule has 0 amide bonds. The molecule has 4 N–H and O–H groups in total. The highest BCUT2D eigenvalue weighted by Gasteiger charge is 2.19. The van der Waals surface area contributed by atoms with Crippen molar-refractivity contribution in [3.05, 3.63) is 36.4 Å². The molecule has 0 saturated heterocycles. The quantitative estimate of drug-likeness (QED) is 0.398. The average molecular weight is 387 g/mol. The molecular formula is C13H13N3O7S2. The Balaban J connectivity index is 2.56. The van der Waals surface area contributed by atoms with Crippen LogP contribution in [0.4, 0.5) is 17.1 Å². The van der Waals surface area contributed by atoms with Gasteiger partial charge in [-0.2, -0.15) is 21.9 Å². The summed E-state index contributed by atoms with van der Waals surface area (Å²) in [5, 5.41) is 7.40. The predicted octanol–water partition coefficient (Wildman–Crippen LogP) is 2.19. The minimum Gasteiger partial charge on any atom is -0.495 e. The summed E-state index contributed by atoms with van der Waals surface area (Å²) in [7, 11) is -7.91. The van der Waals surface area contributed by atoms with E-state index in [9.17, 15) is 21.4 Å². The SMILES string of the molecule is COc1cc(N=Nc2cc(S(=O)(=O)O)ccc2S(=O)(=O)O)ccc1N. The molecule has 12 heteroatoms. The Morgan fingerprint density at radius 2 is 1.64 bits per heavy atom. The molecular weight excluding hydrogens is 374 g/mol. The van der Waals surface area contributed by atoms with Crippen LogP contribution in [0.1, 0.15) is 0 Å². The molecule has 2 aromatic carbocycles. The molecule has 0 saturated carbocycles. The lowest BCUT2D eigenvalue weighted by Crippen LogP contribution is -2.02. The molecule has 0 bridgehead atoms. The number of nitrogen functional groups attached to an aromatic ring is 1. The molecule has 0 aliphatic carbocycles. The van der Waals surface area contributed by atoms with Crippen LogP contribution in [0.3, 0.4) is 0 Å². The first-order valence-electron chi connectivity index (χ1n) is 6.46. The Labute approximate surface area is 143 Å². The smallest absolute Gasteiger partial charge is 0.296 e. The number of hydrogen-bond donors (Lipinski definition) is 3. The van der Waals surface area contributed by atoms with Crippen molar-refractivity contribution in [2.45, 2.75) is 9.79 Å². The zero-order valence-corrected chi connectivity index (χ0v) is 14.3. The number of nitrogens with zero attached hydrogens (tertiary/aromatic N) is 2. The number of methoxy groups -OCH3 is 1. The molecule has 0 fully saturated rings. The number of nitrogens with two attached hydrogens (primary N) is 1. The maximum Gasteiger partial charge on any atom is 0.296 e. The van der Waals surface area contributed by atoms with Crippen LogP contribution < -0.4 is 10.5 Å². The van der Waals surface area contributed by atoms with Gasteiger partial charge in [0.25, 0.3) is 20.2 Å². The maximum absolute atomic E-state index is 11.4. The van der Waals surface area contributed by atoms with E-state index in [0.717, 1.165) is 18.2 Å². The second-order valence-corrected chi connectivity index (χ2v) is 7.52. The van der Waals surface area contributed by atoms with Crippen molar-refractivity contribution in [3.8, 4) is 5.75 Å². The van der Waals surface area contributed by atoms with Crippen molar-refractivity contribution in [3.63, 3.8) is 0 Å². The Morgan fingerprint density at radius 1 is 0.960 bits per heavy atom. The molecule has 0 atom stereocenters. The monoisotopic (exact) mass is 387 g/mol. The largest absolute Gasteiger partial charge is 0.495 e. The zero-order valence-electron chi connectivity index (χ0n) is 12.7. The van der Waals surface area contributed by atoms with Gasteiger partial charge < -0.3 is 10.5 Å². The summed E-state index contributed by atoms with van der Waals surface area (Å²) >= 11 is 0. The Hall–Kier alpha value is -2.54. The number of ether oxygens (including phenoxy) is 1. The molecule has 0 radical (unpaired) electrons. The van der Waals surface area contributed by atoms with Crippen LogP contribution in [0.5, 0.6) is 5.75 Å². The van der Waals surface area contributed by atoms with Crippen molar-refractivity contribution < 1.29 is 30.7 Å². The van der Waals surface area contributed by atoms with Crippen LogP contribution in [0, 0.1) is 0 Å². The third kappa shape index (κ3) is 4.51. The molecule has 0 spiro atoms. The summed E-state index contributed by atoms with van der Waals surface area (Å²) in [6.45, 7) is 0. The van der Waals surface area contributed by atoms with E-state index < -0.39 is 35.7 Å². The molecule has 0 unspecified atom stereocenters. The van der Waals surface area contributed by atoms with E-state index in [1.165, 1.54) is 25.3 Å². The van der Waals surface area contributed by atoms with Crippen LogP contribution >= 0.6 is 0 Å². The molecule has 0 heterocycles. The highest BCUT2D eigenvalue weighted by Crippen LogP contribution is 2.31. The minimum absolute atomic E-state index is 0.226. The van der Waals surface area contributed by atoms with E-state index in [1.807, 2.05) is 0 Å². The van der Waals surface area contributed by atoms with Crippen molar-refractivity contribution >= 4 is 37.3 Å². The van der Waals surface area contributed by atoms with E-state index in [0.29, 0.717) is 11.4 Å². The molecule has 0 aliphatic heterocycles. The van der Waals surface area contributed by atoms with E-state index in [2.05, 4.69) is 10.2 Å². The Bertz CT molecular complexity index is 1050. The highest BCUT2D eigenvalue weighted by molar-refractivity contribution is 7.86. The van der Waals surface area contributed by atoms with Crippen molar-refractivity contribution in [1.29, 1.82) is 0 Å². The van der Waals surface area contributed by atoms with Gasteiger partial charge in [0.2, 0.25) is 0 Å². The van der Waals surface area contributed by atoms with E-state index in [1.54, 1.807) is 0 Å². The summed E-state index contributed by atoms with van der Waals surface area (Å²) in [5.74, 6) is 0.304. The van der Waals surface area contributed by atoms with E-state index in [4.69, 9.17) is 15.0 Å². The van der Waals surface area contributed by atoms with Crippen molar-refractivity contribution in [2.24, 2.45) is 10.2 Å². The third-order valence-corrected chi connectivity index (χ3v) is 4.75. The summed E-state index contributed by atoms with van der Waals surface area (Å²) in [4.78, 5) is -1.28. The van der Waals surface area contributed by atoms with Crippen LogP contribution in [-0.2, 0) is 20.2 Å². The van der Waals surface area contributed by atoms with Gasteiger partial charge in [0.1, 0.15) is 16.3 Å². The summed E-state index contributed by atoms with van der Waals surface area (Å²) < 4.78 is 68.4. The zero-order chi connectivity index (χ0) is 18.8. The van der Waals surface area contributed by atoms with Gasteiger partial charge in [-0.3, -0.25) is 9.11 Å². The number of rotatable bonds is 5. The minimum atomic E-state index is -4.69. The fraction of sp³-hybridized carbons (Fsp3) is 0.0769. The van der Waals surface area contributed by atoms with Gasteiger partial charge in [-0.1, -0.05) is 0 Å². The van der Waals surface area contributed by atoms with Crippen LogP contribution in [0.25, 0.3) is 0 Å². The van der Waals surface area contributed by atoms with Gasteiger partial charge in [-0.15, -0.1) is 5.11 Å². The van der Waals surface area contributed by atoms with Crippen molar-refractivity contribution in [2.75, 3.05) is 12.8 Å². The lowest BCUT2D eigenvalue weighted by Gasteiger charge is -2.05. The van der Waals surface area contributed by atoms with Gasteiger partial charge in [-0.25, -0.2) is 0 Å². The maximum atomic E-state index is 11.4. The Morgan fingerprint density at radius 3 is 2.20 bits per heavy atom. The molecule has 0 aliphatic rings. The highest BCUT2D eigenvalue weighted by atomic mass is 32.2. The second-order valence-electron chi connectivity index (χ2n) is 4.71. The summed E-state index contributed by atoms with van der Waals surface area (Å²) in [6.07, 6.45) is 0. The topological polar surface area (TPSA) is 169 Å². The van der Waals surface area contributed by atoms with Gasteiger partial charge in [0.15, 0.2) is 0 Å². The number of hydrogen-bond acceptors (Lipinski definition) is 8. The number of benzene rings is 2. The lowest BCUT2D eigenvalue weighted by molar-refractivity contribution is 0.417. The van der Waals surface area contributed by atoms with Crippen LogP contribution in [0.2, 0.25) is 0 Å². The van der Waals surface area contributed by atoms with Crippen LogP contribution in [0.15, 0.2) is 56.4 Å². The predicted molar refractivity (Wildman–Crippen MR) is 87.7 cm³/mol. The Kier molecular flexibility index (Phi) is 5.08. The van der Waals surface area contributed by atoms with E-state index >= 15 is 0 Å².